The van der Waals surface area contributed by atoms with Crippen molar-refractivity contribution in [2.24, 2.45) is 11.8 Å². The fraction of sp³-hybridized carbons (Fsp3) is 0.458. The topological polar surface area (TPSA) is 29.1 Å². The smallest absolute Gasteiger partial charge is 0.234 e. The van der Waals surface area contributed by atoms with Gasteiger partial charge in [0.05, 0.1) is 5.41 Å². The second-order valence-corrected chi connectivity index (χ2v) is 7.78. The van der Waals surface area contributed by atoms with Crippen LogP contribution in [0.25, 0.3) is 0 Å². The molecule has 0 aromatic heterocycles. The van der Waals surface area contributed by atoms with E-state index in [9.17, 15) is 4.79 Å². The lowest BCUT2D eigenvalue weighted by Crippen LogP contribution is -2.43. The Bertz CT molecular complexity index is 581. The molecule has 0 bridgehead atoms. The van der Waals surface area contributed by atoms with Crippen LogP contribution in [0.2, 0.25) is 0 Å². The van der Waals surface area contributed by atoms with Crippen LogP contribution in [-0.2, 0) is 10.2 Å². The minimum absolute atomic E-state index is 0.0157. The molecule has 2 nitrogen and oxygen atoms in total. The number of rotatable bonds is 8. The van der Waals surface area contributed by atoms with E-state index in [0.29, 0.717) is 12.5 Å². The maximum absolute atomic E-state index is 12.8. The molecule has 0 saturated heterocycles. The Balaban J connectivity index is 0.00000141. The first kappa shape index (κ1) is 23.9. The number of hydrogen-bond donors (Lipinski definition) is 1. The molecule has 0 radical (unpaired) electrons. The molecule has 1 aromatic carbocycles. The summed E-state index contributed by atoms with van der Waals surface area (Å²) in [5, 5.41) is 3.05. The van der Waals surface area contributed by atoms with Crippen molar-refractivity contribution in [1.29, 1.82) is 0 Å². The van der Waals surface area contributed by atoms with Gasteiger partial charge in [0.15, 0.2) is 0 Å². The molecule has 1 amide bonds. The van der Waals surface area contributed by atoms with Crippen molar-refractivity contribution in [3.05, 3.63) is 72.9 Å². The number of carbonyl (C=O) groups is 1. The first-order valence-corrected chi connectivity index (χ1v) is 9.48. The molecule has 0 heterocycles. The first-order valence-electron chi connectivity index (χ1n) is 9.48. The summed E-state index contributed by atoms with van der Waals surface area (Å²) in [5.74, 6) is 1.38. The Hall–Kier alpha value is -2.09. The van der Waals surface area contributed by atoms with E-state index >= 15 is 0 Å². The highest BCUT2D eigenvalue weighted by Crippen LogP contribution is 2.32. The van der Waals surface area contributed by atoms with Gasteiger partial charge in [0, 0.05) is 6.54 Å². The minimum Gasteiger partial charge on any atom is -0.355 e. The van der Waals surface area contributed by atoms with Gasteiger partial charge in [-0.1, -0.05) is 96.3 Å². The molecular weight excluding hydrogens is 318 g/mol. The largest absolute Gasteiger partial charge is 0.355 e. The van der Waals surface area contributed by atoms with Gasteiger partial charge >= 0.3 is 0 Å². The third kappa shape index (κ3) is 8.33. The highest BCUT2D eigenvalue weighted by Gasteiger charge is 2.36. The molecule has 0 spiro atoms. The second kappa shape index (κ2) is 12.3. The molecular formula is C24H37NO. The van der Waals surface area contributed by atoms with Crippen molar-refractivity contribution in [2.75, 3.05) is 6.54 Å². The zero-order chi connectivity index (χ0) is 20.2. The van der Waals surface area contributed by atoms with Gasteiger partial charge in [-0.15, -0.1) is 0 Å². The molecule has 0 fully saturated rings. The zero-order valence-corrected chi connectivity index (χ0v) is 17.5. The summed E-state index contributed by atoms with van der Waals surface area (Å²) in [7, 11) is 0. The van der Waals surface area contributed by atoms with Crippen LogP contribution in [0.15, 0.2) is 67.3 Å². The quantitative estimate of drug-likeness (QED) is 0.564. The summed E-state index contributed by atoms with van der Waals surface area (Å²) in [4.78, 5) is 12.8. The lowest BCUT2D eigenvalue weighted by molar-refractivity contribution is -0.124. The molecule has 1 unspecified atom stereocenters. The Kier molecular flexibility index (Phi) is 11.3. The molecule has 2 heteroatoms. The first-order chi connectivity index (χ1) is 12.2. The molecule has 0 aliphatic rings. The van der Waals surface area contributed by atoms with Crippen molar-refractivity contribution in [3.63, 3.8) is 0 Å². The second-order valence-electron chi connectivity index (χ2n) is 7.78. The van der Waals surface area contributed by atoms with Crippen LogP contribution in [0.5, 0.6) is 0 Å². The van der Waals surface area contributed by atoms with Crippen molar-refractivity contribution < 1.29 is 4.79 Å². The standard InChI is InChI=1S/C20H27NO.C4H10/c1-6-7-11-17(4)20(5,18-12-9-8-10-13-18)19(22)21-15-14-16(2)3;1-4(2)3/h6-13,16H,1,4,14-15H2,2-3,5H3,(H,21,22);4H,1-3H3/b11-7-;. The molecule has 0 saturated carbocycles. The number of amides is 1. The Morgan fingerprint density at radius 1 is 1.15 bits per heavy atom. The van der Waals surface area contributed by atoms with Crippen molar-refractivity contribution in [2.45, 2.75) is 53.4 Å². The van der Waals surface area contributed by atoms with E-state index in [2.05, 4.69) is 53.1 Å². The predicted octanol–water partition coefficient (Wildman–Crippen LogP) is 6.07. The minimum atomic E-state index is -0.780. The van der Waals surface area contributed by atoms with Crippen LogP contribution in [0.1, 0.15) is 53.5 Å². The number of nitrogens with one attached hydrogen (secondary N) is 1. The van der Waals surface area contributed by atoms with Gasteiger partial charge in [-0.25, -0.2) is 0 Å². The molecule has 1 N–H and O–H groups in total. The number of benzene rings is 1. The van der Waals surface area contributed by atoms with E-state index in [0.717, 1.165) is 23.5 Å². The van der Waals surface area contributed by atoms with Gasteiger partial charge in [0.2, 0.25) is 5.91 Å². The summed E-state index contributed by atoms with van der Waals surface area (Å²) >= 11 is 0. The van der Waals surface area contributed by atoms with Crippen LogP contribution in [0.4, 0.5) is 0 Å². The average Bonchev–Trinajstić information content (AvgIpc) is 2.58. The molecule has 0 aliphatic carbocycles. The van der Waals surface area contributed by atoms with Crippen LogP contribution < -0.4 is 5.32 Å². The highest BCUT2D eigenvalue weighted by atomic mass is 16.2. The zero-order valence-electron chi connectivity index (χ0n) is 17.5. The van der Waals surface area contributed by atoms with Gasteiger partial charge in [-0.3, -0.25) is 4.79 Å². The third-order valence-corrected chi connectivity index (χ3v) is 3.89. The predicted molar refractivity (Wildman–Crippen MR) is 115 cm³/mol. The van der Waals surface area contributed by atoms with Crippen LogP contribution in [0.3, 0.4) is 0 Å². The van der Waals surface area contributed by atoms with Gasteiger partial charge < -0.3 is 5.32 Å². The maximum Gasteiger partial charge on any atom is 0.234 e. The summed E-state index contributed by atoms with van der Waals surface area (Å²) in [6, 6.07) is 9.77. The Morgan fingerprint density at radius 2 is 1.69 bits per heavy atom. The molecule has 1 rings (SSSR count). The van der Waals surface area contributed by atoms with E-state index in [4.69, 9.17) is 0 Å². The maximum atomic E-state index is 12.8. The lowest BCUT2D eigenvalue weighted by Gasteiger charge is -2.30. The summed E-state index contributed by atoms with van der Waals surface area (Å²) < 4.78 is 0. The van der Waals surface area contributed by atoms with Crippen molar-refractivity contribution in [1.82, 2.24) is 5.32 Å². The summed E-state index contributed by atoms with van der Waals surface area (Å²) in [6.07, 6.45) is 6.31. The van der Waals surface area contributed by atoms with Crippen molar-refractivity contribution >= 4 is 5.91 Å². The van der Waals surface area contributed by atoms with E-state index in [-0.39, 0.29) is 5.91 Å². The van der Waals surface area contributed by atoms with Crippen molar-refractivity contribution in [3.8, 4) is 0 Å². The SMILES string of the molecule is C=C/C=C\C(=C)C(C)(C(=O)NCCC(C)C)c1ccccc1.CC(C)C. The number of carbonyl (C=O) groups excluding carboxylic acids is 1. The fourth-order valence-corrected chi connectivity index (χ4v) is 2.24. The van der Waals surface area contributed by atoms with Crippen LogP contribution >= 0.6 is 0 Å². The normalized spacial score (nSPS) is 13.1. The molecule has 26 heavy (non-hydrogen) atoms. The number of allylic oxidation sites excluding steroid dienone is 3. The fourth-order valence-electron chi connectivity index (χ4n) is 2.24. The van der Waals surface area contributed by atoms with E-state index in [1.165, 1.54) is 0 Å². The van der Waals surface area contributed by atoms with Gasteiger partial charge in [-0.2, -0.15) is 0 Å². The van der Waals surface area contributed by atoms with Crippen LogP contribution in [-0.4, -0.2) is 12.5 Å². The van der Waals surface area contributed by atoms with E-state index < -0.39 is 5.41 Å². The average molecular weight is 356 g/mol. The highest BCUT2D eigenvalue weighted by molar-refractivity contribution is 5.92. The van der Waals surface area contributed by atoms with Gasteiger partial charge in [-0.05, 0) is 36.3 Å². The van der Waals surface area contributed by atoms with E-state index in [1.54, 1.807) is 6.08 Å². The van der Waals surface area contributed by atoms with E-state index in [1.807, 2.05) is 49.4 Å². The van der Waals surface area contributed by atoms with Crippen LogP contribution in [0, 0.1) is 11.8 Å². The Labute approximate surface area is 161 Å². The molecule has 0 aliphatic heterocycles. The summed E-state index contributed by atoms with van der Waals surface area (Å²) in [5.41, 5.74) is 0.911. The van der Waals surface area contributed by atoms with Gasteiger partial charge in [0.25, 0.3) is 0 Å². The number of hydrogen-bond acceptors (Lipinski definition) is 1. The molecule has 144 valence electrons. The lowest BCUT2D eigenvalue weighted by atomic mass is 9.75. The molecule has 1 aromatic rings. The monoisotopic (exact) mass is 355 g/mol. The Morgan fingerprint density at radius 3 is 2.15 bits per heavy atom. The third-order valence-electron chi connectivity index (χ3n) is 3.89. The summed E-state index contributed by atoms with van der Waals surface area (Å²) in [6.45, 7) is 21.2. The molecule has 1 atom stereocenters. The van der Waals surface area contributed by atoms with Gasteiger partial charge in [0.1, 0.15) is 0 Å².